The van der Waals surface area contributed by atoms with E-state index in [1.165, 1.54) is 0 Å². The number of guanidine groups is 1. The molecule has 0 bridgehead atoms. The fraction of sp³-hybridized carbons (Fsp3) is 0.385. The molecule has 0 saturated carbocycles. The van der Waals surface area contributed by atoms with Gasteiger partial charge in [-0.05, 0) is 38.1 Å². The van der Waals surface area contributed by atoms with E-state index in [4.69, 9.17) is 16.2 Å². The maximum Gasteiger partial charge on any atom is 0.224 e. The summed E-state index contributed by atoms with van der Waals surface area (Å²) in [6.07, 6.45) is 0. The Morgan fingerprint density at radius 1 is 1.32 bits per heavy atom. The zero-order chi connectivity index (χ0) is 14.5. The number of rotatable bonds is 5. The monoisotopic (exact) mass is 264 g/mol. The van der Waals surface area contributed by atoms with Crippen LogP contribution in [0.4, 0.5) is 5.69 Å². The van der Waals surface area contributed by atoms with Crippen LogP contribution in [-0.4, -0.2) is 25.5 Å². The van der Waals surface area contributed by atoms with Crippen molar-refractivity contribution in [1.29, 1.82) is 0 Å². The molecule has 1 aromatic rings. The Kier molecular flexibility index (Phi) is 4.74. The Morgan fingerprint density at radius 2 is 1.89 bits per heavy atom. The number of nitrogens with one attached hydrogen (secondary N) is 1. The molecule has 0 aliphatic rings. The third-order valence-corrected chi connectivity index (χ3v) is 2.67. The van der Waals surface area contributed by atoms with Crippen molar-refractivity contribution in [3.05, 3.63) is 24.3 Å². The maximum atomic E-state index is 11.1. The van der Waals surface area contributed by atoms with E-state index in [1.807, 2.05) is 24.3 Å². The summed E-state index contributed by atoms with van der Waals surface area (Å²) in [6.45, 7) is 3.68. The topological polar surface area (TPSA) is 103 Å². The van der Waals surface area contributed by atoms with Gasteiger partial charge in [0.05, 0.1) is 19.1 Å². The van der Waals surface area contributed by atoms with Crippen LogP contribution < -0.4 is 21.5 Å². The van der Waals surface area contributed by atoms with E-state index in [0.29, 0.717) is 0 Å². The van der Waals surface area contributed by atoms with Gasteiger partial charge in [-0.1, -0.05) is 0 Å². The Labute approximate surface area is 112 Å². The second-order valence-corrected chi connectivity index (χ2v) is 4.80. The summed E-state index contributed by atoms with van der Waals surface area (Å²) in [5.41, 5.74) is 11.1. The molecule has 1 amide bonds. The van der Waals surface area contributed by atoms with Gasteiger partial charge in [0.2, 0.25) is 5.91 Å². The highest BCUT2D eigenvalue weighted by Crippen LogP contribution is 2.16. The summed E-state index contributed by atoms with van der Waals surface area (Å²) in [5, 5.41) is 2.92. The van der Waals surface area contributed by atoms with Crippen LogP contribution in [0.2, 0.25) is 0 Å². The minimum atomic E-state index is -0.716. The van der Waals surface area contributed by atoms with Gasteiger partial charge < -0.3 is 21.5 Å². The summed E-state index contributed by atoms with van der Waals surface area (Å²) < 4.78 is 5.05. The normalized spacial score (nSPS) is 12.1. The van der Waals surface area contributed by atoms with Crippen LogP contribution >= 0.6 is 0 Å². The number of carbonyl (C=O) groups is 1. The summed E-state index contributed by atoms with van der Waals surface area (Å²) >= 11 is 0. The molecule has 0 atom stereocenters. The van der Waals surface area contributed by atoms with E-state index in [9.17, 15) is 4.79 Å². The smallest absolute Gasteiger partial charge is 0.224 e. The van der Waals surface area contributed by atoms with E-state index in [2.05, 4.69) is 10.3 Å². The van der Waals surface area contributed by atoms with Crippen molar-refractivity contribution in [2.24, 2.45) is 21.9 Å². The molecule has 0 unspecified atom stereocenters. The maximum absolute atomic E-state index is 11.1. The Morgan fingerprint density at radius 3 is 2.37 bits per heavy atom. The molecule has 6 nitrogen and oxygen atoms in total. The van der Waals surface area contributed by atoms with Crippen LogP contribution in [-0.2, 0) is 4.79 Å². The molecule has 0 aromatic heterocycles. The number of nitrogens with zero attached hydrogens (tertiary/aromatic N) is 1. The lowest BCUT2D eigenvalue weighted by Crippen LogP contribution is -2.35. The lowest BCUT2D eigenvalue weighted by Gasteiger charge is -2.17. The molecule has 104 valence electrons. The molecule has 1 aromatic carbocycles. The quantitative estimate of drug-likeness (QED) is 0.543. The number of benzene rings is 1. The first-order valence-corrected chi connectivity index (χ1v) is 5.86. The van der Waals surface area contributed by atoms with Crippen LogP contribution in [0.3, 0.4) is 0 Å². The molecule has 0 aliphatic heterocycles. The first-order valence-electron chi connectivity index (χ1n) is 5.86. The van der Waals surface area contributed by atoms with Crippen LogP contribution in [0.15, 0.2) is 29.3 Å². The summed E-state index contributed by atoms with van der Waals surface area (Å²) in [6, 6.07) is 7.26. The highest BCUT2D eigenvalue weighted by molar-refractivity contribution is 5.92. The largest absolute Gasteiger partial charge is 0.497 e. The van der Waals surface area contributed by atoms with Crippen molar-refractivity contribution < 1.29 is 9.53 Å². The van der Waals surface area contributed by atoms with Gasteiger partial charge in [0.15, 0.2) is 5.96 Å². The van der Waals surface area contributed by atoms with Crippen molar-refractivity contribution in [3.63, 3.8) is 0 Å². The number of hydrogen-bond donors (Lipinski definition) is 3. The fourth-order valence-electron chi connectivity index (χ4n) is 1.22. The molecule has 0 radical (unpaired) electrons. The van der Waals surface area contributed by atoms with E-state index in [1.54, 1.807) is 21.0 Å². The van der Waals surface area contributed by atoms with Gasteiger partial charge in [0, 0.05) is 5.69 Å². The third kappa shape index (κ3) is 4.50. The predicted octanol–water partition coefficient (Wildman–Crippen LogP) is 0.933. The van der Waals surface area contributed by atoms with Gasteiger partial charge in [-0.3, -0.25) is 9.79 Å². The molecule has 1 rings (SSSR count). The molecule has 0 aliphatic carbocycles. The van der Waals surface area contributed by atoms with Gasteiger partial charge in [-0.25, -0.2) is 0 Å². The molecular formula is C13H20N4O2. The SMILES string of the molecule is COc1ccc(NC(N)=NCC(C)(C)C(N)=O)cc1. The zero-order valence-corrected chi connectivity index (χ0v) is 11.4. The lowest BCUT2D eigenvalue weighted by molar-refractivity contribution is -0.125. The van der Waals surface area contributed by atoms with Crippen LogP contribution in [0.25, 0.3) is 0 Å². The minimum Gasteiger partial charge on any atom is -0.497 e. The van der Waals surface area contributed by atoms with Gasteiger partial charge in [-0.15, -0.1) is 0 Å². The van der Waals surface area contributed by atoms with Gasteiger partial charge in [-0.2, -0.15) is 0 Å². The number of amides is 1. The molecule has 5 N–H and O–H groups in total. The van der Waals surface area contributed by atoms with Crippen LogP contribution in [0.5, 0.6) is 5.75 Å². The molecule has 0 saturated heterocycles. The van der Waals surface area contributed by atoms with Crippen molar-refractivity contribution in [1.82, 2.24) is 0 Å². The number of nitrogens with two attached hydrogens (primary N) is 2. The van der Waals surface area contributed by atoms with Crippen molar-refractivity contribution >= 4 is 17.6 Å². The first-order chi connectivity index (χ1) is 8.85. The van der Waals surface area contributed by atoms with Crippen molar-refractivity contribution in [3.8, 4) is 5.75 Å². The van der Waals surface area contributed by atoms with E-state index in [0.717, 1.165) is 11.4 Å². The number of primary amides is 1. The van der Waals surface area contributed by atoms with Crippen molar-refractivity contribution in [2.45, 2.75) is 13.8 Å². The fourth-order valence-corrected chi connectivity index (χ4v) is 1.22. The lowest BCUT2D eigenvalue weighted by atomic mass is 9.93. The number of ether oxygens (including phenoxy) is 1. The average molecular weight is 264 g/mol. The number of methoxy groups -OCH3 is 1. The number of carbonyl (C=O) groups excluding carboxylic acids is 1. The molecule has 0 heterocycles. The minimum absolute atomic E-state index is 0.233. The zero-order valence-electron chi connectivity index (χ0n) is 11.4. The van der Waals surface area contributed by atoms with E-state index in [-0.39, 0.29) is 12.5 Å². The Hall–Kier alpha value is -2.24. The number of anilines is 1. The number of aliphatic imine (C=N–C) groups is 1. The average Bonchev–Trinajstić information content (AvgIpc) is 2.37. The number of hydrogen-bond acceptors (Lipinski definition) is 3. The highest BCUT2D eigenvalue weighted by Gasteiger charge is 2.24. The predicted molar refractivity (Wildman–Crippen MR) is 76.1 cm³/mol. The summed E-state index contributed by atoms with van der Waals surface area (Å²) in [7, 11) is 1.60. The van der Waals surface area contributed by atoms with Crippen LogP contribution in [0.1, 0.15) is 13.8 Å². The van der Waals surface area contributed by atoms with Gasteiger partial charge >= 0.3 is 0 Å². The first kappa shape index (κ1) is 14.8. The van der Waals surface area contributed by atoms with Gasteiger partial charge in [0.1, 0.15) is 5.75 Å². The standard InChI is InChI=1S/C13H20N4O2/c1-13(2,11(14)18)8-16-12(15)17-9-4-6-10(19-3)7-5-9/h4-7H,8H2,1-3H3,(H2,14,18)(H3,15,16,17). The second kappa shape index (κ2) is 6.08. The third-order valence-electron chi connectivity index (χ3n) is 2.67. The van der Waals surface area contributed by atoms with E-state index >= 15 is 0 Å². The summed E-state index contributed by atoms with van der Waals surface area (Å²) in [4.78, 5) is 15.2. The molecular weight excluding hydrogens is 244 g/mol. The summed E-state index contributed by atoms with van der Waals surface area (Å²) in [5.74, 6) is 0.587. The Balaban J connectivity index is 2.63. The van der Waals surface area contributed by atoms with Gasteiger partial charge in [0.25, 0.3) is 0 Å². The van der Waals surface area contributed by atoms with Crippen molar-refractivity contribution in [2.75, 3.05) is 19.0 Å². The highest BCUT2D eigenvalue weighted by atomic mass is 16.5. The van der Waals surface area contributed by atoms with Crippen LogP contribution in [0, 0.1) is 5.41 Å². The van der Waals surface area contributed by atoms with E-state index < -0.39 is 11.3 Å². The molecule has 19 heavy (non-hydrogen) atoms. The molecule has 0 fully saturated rings. The molecule has 0 spiro atoms. The molecule has 6 heteroatoms. The Bertz CT molecular complexity index is 466. The second-order valence-electron chi connectivity index (χ2n) is 4.80.